The largest absolute Gasteiger partial charge is 0.463 e. The lowest BCUT2D eigenvalue weighted by Crippen LogP contribution is -2.12. The summed E-state index contributed by atoms with van der Waals surface area (Å²) in [5.41, 5.74) is 0.707. The van der Waals surface area contributed by atoms with Gasteiger partial charge in [-0.1, -0.05) is 0 Å². The number of aryl methyl sites for hydroxylation is 2. The number of aromatic amines is 1. The predicted molar refractivity (Wildman–Crippen MR) is 71.3 cm³/mol. The fraction of sp³-hybridized carbons (Fsp3) is 0.417. The number of carbonyl (C=O) groups is 1. The molecule has 0 amide bonds. The van der Waals surface area contributed by atoms with E-state index in [9.17, 15) is 4.79 Å². The molecule has 8 heteroatoms. The number of rotatable bonds is 6. The number of methoxy groups -OCH3 is 1. The van der Waals surface area contributed by atoms with Crippen LogP contribution in [0.15, 0.2) is 12.4 Å². The minimum atomic E-state index is -0.543. The molecule has 0 spiro atoms. The summed E-state index contributed by atoms with van der Waals surface area (Å²) in [4.78, 5) is 23.6. The summed E-state index contributed by atoms with van der Waals surface area (Å²) >= 11 is 0. The van der Waals surface area contributed by atoms with E-state index < -0.39 is 5.97 Å². The first kappa shape index (κ1) is 13.9. The second-order valence-electron chi connectivity index (χ2n) is 4.17. The molecule has 2 N–H and O–H groups in total. The van der Waals surface area contributed by atoms with Crippen molar-refractivity contribution >= 4 is 11.8 Å². The topological polar surface area (TPSA) is 106 Å². The number of nitrogens with zero attached hydrogens (tertiary/aromatic N) is 4. The zero-order chi connectivity index (χ0) is 14.4. The molecule has 0 atom stereocenters. The number of ether oxygens (including phenoxy) is 1. The third-order valence-corrected chi connectivity index (χ3v) is 2.58. The van der Waals surface area contributed by atoms with Crippen molar-refractivity contribution in [1.82, 2.24) is 25.1 Å². The zero-order valence-corrected chi connectivity index (χ0v) is 11.4. The average Bonchev–Trinajstić information content (AvgIpc) is 2.95. The van der Waals surface area contributed by atoms with E-state index >= 15 is 0 Å². The van der Waals surface area contributed by atoms with Gasteiger partial charge in [0.25, 0.3) is 0 Å². The second kappa shape index (κ2) is 6.60. The summed E-state index contributed by atoms with van der Waals surface area (Å²) < 4.78 is 4.61. The Bertz CT molecular complexity index is 569. The first-order valence-electron chi connectivity index (χ1n) is 6.21. The van der Waals surface area contributed by atoms with Gasteiger partial charge in [0.2, 0.25) is 5.82 Å². The van der Waals surface area contributed by atoms with E-state index in [1.807, 2.05) is 0 Å². The van der Waals surface area contributed by atoms with Crippen LogP contribution in [0, 0.1) is 6.92 Å². The molecule has 2 rings (SSSR count). The summed E-state index contributed by atoms with van der Waals surface area (Å²) in [6, 6.07) is 1.78. The molecule has 0 aliphatic rings. The molecule has 0 bridgehead atoms. The van der Waals surface area contributed by atoms with Crippen molar-refractivity contribution in [3.63, 3.8) is 0 Å². The lowest BCUT2D eigenvalue weighted by atomic mass is 10.3. The van der Waals surface area contributed by atoms with Gasteiger partial charge >= 0.3 is 5.97 Å². The quantitative estimate of drug-likeness (QED) is 0.592. The summed E-state index contributed by atoms with van der Waals surface area (Å²) in [7, 11) is 1.30. The highest BCUT2D eigenvalue weighted by molar-refractivity contribution is 5.85. The molecule has 20 heavy (non-hydrogen) atoms. The number of nitrogens with one attached hydrogen (secondary N) is 2. The molecule has 106 valence electrons. The van der Waals surface area contributed by atoms with Crippen molar-refractivity contribution in [2.75, 3.05) is 19.0 Å². The molecule has 0 fully saturated rings. The van der Waals surface area contributed by atoms with Gasteiger partial charge in [-0.3, -0.25) is 5.10 Å². The smallest absolute Gasteiger partial charge is 0.376 e. The molecule has 0 aliphatic carbocycles. The van der Waals surface area contributed by atoms with E-state index in [-0.39, 0.29) is 5.82 Å². The maximum atomic E-state index is 11.4. The molecule has 0 saturated carbocycles. The molecular formula is C12H16N6O2. The Labute approximate surface area is 116 Å². The van der Waals surface area contributed by atoms with Crippen LogP contribution in [0.3, 0.4) is 0 Å². The van der Waals surface area contributed by atoms with E-state index in [0.717, 1.165) is 18.7 Å². The van der Waals surface area contributed by atoms with Crippen LogP contribution in [0.2, 0.25) is 0 Å². The average molecular weight is 276 g/mol. The second-order valence-corrected chi connectivity index (χ2v) is 4.17. The number of H-pyrrole nitrogens is 1. The number of hydrogen-bond donors (Lipinski definition) is 2. The van der Waals surface area contributed by atoms with Crippen LogP contribution >= 0.6 is 0 Å². The molecule has 0 aromatic carbocycles. The highest BCUT2D eigenvalue weighted by Gasteiger charge is 2.11. The van der Waals surface area contributed by atoms with Gasteiger partial charge in [-0.25, -0.2) is 19.7 Å². The van der Waals surface area contributed by atoms with E-state index in [1.54, 1.807) is 13.0 Å². The third kappa shape index (κ3) is 3.74. The Morgan fingerprint density at radius 1 is 1.45 bits per heavy atom. The monoisotopic (exact) mass is 276 g/mol. The molecule has 0 unspecified atom stereocenters. The van der Waals surface area contributed by atoms with Crippen LogP contribution in [0.5, 0.6) is 0 Å². The van der Waals surface area contributed by atoms with Crippen LogP contribution in [-0.2, 0) is 11.2 Å². The van der Waals surface area contributed by atoms with E-state index in [4.69, 9.17) is 0 Å². The van der Waals surface area contributed by atoms with Gasteiger partial charge in [0.15, 0.2) is 0 Å². The molecule has 2 aromatic rings. The number of carbonyl (C=O) groups excluding carboxylic acids is 1. The van der Waals surface area contributed by atoms with Crippen LogP contribution in [0.4, 0.5) is 5.82 Å². The summed E-state index contributed by atoms with van der Waals surface area (Å²) in [6.45, 7) is 2.51. The van der Waals surface area contributed by atoms with Crippen molar-refractivity contribution < 1.29 is 9.53 Å². The Hall–Kier alpha value is -2.51. The minimum absolute atomic E-state index is 0.0604. The molecule has 2 aromatic heterocycles. The standard InChI is InChI=1S/C12H16N6O2/c1-8-6-10(17-11(16-8)12(19)20-2)13-5-3-4-9-14-7-15-18-9/h6-7H,3-5H2,1-2H3,(H,13,16,17)(H,14,15,18). The number of aromatic nitrogens is 5. The molecule has 0 saturated heterocycles. The van der Waals surface area contributed by atoms with Gasteiger partial charge in [0.1, 0.15) is 18.0 Å². The van der Waals surface area contributed by atoms with Crippen molar-refractivity contribution in [2.24, 2.45) is 0 Å². The Kier molecular flexibility index (Phi) is 4.59. The Morgan fingerprint density at radius 3 is 3.00 bits per heavy atom. The van der Waals surface area contributed by atoms with Gasteiger partial charge in [0, 0.05) is 24.7 Å². The van der Waals surface area contributed by atoms with E-state index in [2.05, 4.69) is 35.2 Å². The fourth-order valence-electron chi connectivity index (χ4n) is 1.67. The summed E-state index contributed by atoms with van der Waals surface area (Å²) in [6.07, 6.45) is 3.14. The van der Waals surface area contributed by atoms with E-state index in [1.165, 1.54) is 13.4 Å². The van der Waals surface area contributed by atoms with Crippen LogP contribution < -0.4 is 5.32 Å². The first-order valence-corrected chi connectivity index (χ1v) is 6.21. The van der Waals surface area contributed by atoms with Crippen LogP contribution in [0.25, 0.3) is 0 Å². The van der Waals surface area contributed by atoms with Crippen molar-refractivity contribution in [3.05, 3.63) is 29.7 Å². The van der Waals surface area contributed by atoms with Gasteiger partial charge < -0.3 is 10.1 Å². The number of esters is 1. The van der Waals surface area contributed by atoms with Crippen molar-refractivity contribution in [1.29, 1.82) is 0 Å². The summed E-state index contributed by atoms with van der Waals surface area (Å²) in [5.74, 6) is 0.972. The maximum Gasteiger partial charge on any atom is 0.376 e. The molecule has 2 heterocycles. The van der Waals surface area contributed by atoms with Gasteiger partial charge in [0.05, 0.1) is 7.11 Å². The molecule has 0 aliphatic heterocycles. The SMILES string of the molecule is COC(=O)c1nc(C)cc(NCCCc2ncn[nH]2)n1. The van der Waals surface area contributed by atoms with Gasteiger partial charge in [-0.2, -0.15) is 5.10 Å². The first-order chi connectivity index (χ1) is 9.69. The number of anilines is 1. The predicted octanol–water partition coefficient (Wildman–Crippen LogP) is 0.734. The lowest BCUT2D eigenvalue weighted by Gasteiger charge is -2.07. The number of hydrogen-bond acceptors (Lipinski definition) is 7. The normalized spacial score (nSPS) is 10.3. The van der Waals surface area contributed by atoms with E-state index in [0.29, 0.717) is 18.1 Å². The Balaban J connectivity index is 1.89. The van der Waals surface area contributed by atoms with Crippen LogP contribution in [0.1, 0.15) is 28.6 Å². The fourth-order valence-corrected chi connectivity index (χ4v) is 1.67. The minimum Gasteiger partial charge on any atom is -0.463 e. The van der Waals surface area contributed by atoms with Gasteiger partial charge in [-0.15, -0.1) is 0 Å². The van der Waals surface area contributed by atoms with Gasteiger partial charge in [-0.05, 0) is 13.3 Å². The van der Waals surface area contributed by atoms with Crippen molar-refractivity contribution in [3.8, 4) is 0 Å². The highest BCUT2D eigenvalue weighted by atomic mass is 16.5. The lowest BCUT2D eigenvalue weighted by molar-refractivity contribution is 0.0586. The summed E-state index contributed by atoms with van der Waals surface area (Å²) in [5, 5.41) is 9.73. The maximum absolute atomic E-state index is 11.4. The zero-order valence-electron chi connectivity index (χ0n) is 11.4. The molecular weight excluding hydrogens is 260 g/mol. The third-order valence-electron chi connectivity index (χ3n) is 2.58. The molecule has 0 radical (unpaired) electrons. The molecule has 8 nitrogen and oxygen atoms in total. The highest BCUT2D eigenvalue weighted by Crippen LogP contribution is 2.07. The Morgan fingerprint density at radius 2 is 2.30 bits per heavy atom. The van der Waals surface area contributed by atoms with Crippen LogP contribution in [-0.4, -0.2) is 44.8 Å². The van der Waals surface area contributed by atoms with Crippen molar-refractivity contribution in [2.45, 2.75) is 19.8 Å².